The van der Waals surface area contributed by atoms with Gasteiger partial charge in [0.25, 0.3) is 0 Å². The van der Waals surface area contributed by atoms with Crippen LogP contribution in [0.25, 0.3) is 0 Å². The van der Waals surface area contributed by atoms with Gasteiger partial charge in [-0.3, -0.25) is 4.79 Å². The quantitative estimate of drug-likeness (QED) is 0.782. The van der Waals surface area contributed by atoms with Gasteiger partial charge in [0.15, 0.2) is 0 Å². The molecule has 3 rings (SSSR count). The van der Waals surface area contributed by atoms with Crippen LogP contribution in [0.3, 0.4) is 0 Å². The summed E-state index contributed by atoms with van der Waals surface area (Å²) in [7, 11) is 0. The van der Waals surface area contributed by atoms with Crippen LogP contribution in [0, 0.1) is 5.92 Å². The molecule has 1 aromatic carbocycles. The lowest BCUT2D eigenvalue weighted by atomic mass is 9.89. The second-order valence-corrected chi connectivity index (χ2v) is 4.71. The summed E-state index contributed by atoms with van der Waals surface area (Å²) in [5, 5.41) is 12.6. The molecule has 0 radical (unpaired) electrons. The minimum atomic E-state index is -0.794. The van der Waals surface area contributed by atoms with Crippen molar-refractivity contribution >= 4 is 5.97 Å². The molecular weight excluding hydrogens is 230 g/mol. The molecule has 2 N–H and O–H groups in total. The Morgan fingerprint density at radius 2 is 1.94 bits per heavy atom. The zero-order chi connectivity index (χ0) is 12.5. The normalized spacial score (nSPS) is 32.9. The van der Waals surface area contributed by atoms with Crippen molar-refractivity contribution in [1.29, 1.82) is 0 Å². The topological polar surface area (TPSA) is 58.6 Å². The van der Waals surface area contributed by atoms with E-state index in [1.54, 1.807) is 0 Å². The van der Waals surface area contributed by atoms with Crippen LogP contribution in [0.5, 0.6) is 0 Å². The van der Waals surface area contributed by atoms with E-state index in [-0.39, 0.29) is 18.2 Å². The molecule has 4 atom stereocenters. The van der Waals surface area contributed by atoms with Crippen LogP contribution in [-0.4, -0.2) is 29.3 Å². The number of fused-ring (bicyclic) bond motifs is 2. The number of nitrogens with one attached hydrogen (secondary N) is 1. The Kier molecular flexibility index (Phi) is 2.89. The summed E-state index contributed by atoms with van der Waals surface area (Å²) in [5.41, 5.74) is 1.15. The number of carbonyl (C=O) groups is 1. The van der Waals surface area contributed by atoms with Crippen LogP contribution in [0.15, 0.2) is 42.5 Å². The fourth-order valence-corrected chi connectivity index (χ4v) is 2.68. The molecule has 0 spiro atoms. The molecule has 18 heavy (non-hydrogen) atoms. The monoisotopic (exact) mass is 245 g/mol. The molecular formula is C14H15NO3. The number of aliphatic carboxylic acids is 1. The lowest BCUT2D eigenvalue weighted by molar-refractivity contribution is -0.143. The number of hydrogen-bond acceptors (Lipinski definition) is 3. The molecule has 0 amide bonds. The molecule has 94 valence electrons. The summed E-state index contributed by atoms with van der Waals surface area (Å²) >= 11 is 0. The number of carboxylic acids is 1. The van der Waals surface area contributed by atoms with Crippen LogP contribution in [0.1, 0.15) is 5.56 Å². The number of hydrogen-bond donors (Lipinski definition) is 2. The fourth-order valence-electron chi connectivity index (χ4n) is 2.68. The number of benzene rings is 1. The lowest BCUT2D eigenvalue weighted by Crippen LogP contribution is -2.45. The first-order valence-electron chi connectivity index (χ1n) is 6.09. The van der Waals surface area contributed by atoms with E-state index in [1.807, 2.05) is 42.5 Å². The van der Waals surface area contributed by atoms with Gasteiger partial charge in [-0.2, -0.15) is 0 Å². The van der Waals surface area contributed by atoms with E-state index in [4.69, 9.17) is 4.74 Å². The predicted molar refractivity (Wildman–Crippen MR) is 66.0 cm³/mol. The second kappa shape index (κ2) is 4.55. The van der Waals surface area contributed by atoms with Crippen LogP contribution < -0.4 is 5.32 Å². The summed E-state index contributed by atoms with van der Waals surface area (Å²) in [5.74, 6) is -1.28. The lowest BCUT2D eigenvalue weighted by Gasteiger charge is -2.23. The SMILES string of the molecule is O=C(O)[C@@H]1[C@@H](NCc2ccccc2)[C@@H]2C=C[C@H]1O2. The largest absolute Gasteiger partial charge is 0.481 e. The third kappa shape index (κ3) is 1.94. The standard InChI is InChI=1S/C14H15NO3/c16-14(17)12-10-6-7-11(18-10)13(12)15-8-9-4-2-1-3-5-9/h1-7,10-13,15H,8H2,(H,16,17)/t10-,11+,12+,13+/m1/s1. The van der Waals surface area contributed by atoms with Crippen LogP contribution >= 0.6 is 0 Å². The van der Waals surface area contributed by atoms with Crippen molar-refractivity contribution in [2.24, 2.45) is 5.92 Å². The molecule has 1 saturated heterocycles. The van der Waals surface area contributed by atoms with E-state index in [1.165, 1.54) is 0 Å². The predicted octanol–water partition coefficient (Wildman–Crippen LogP) is 1.18. The highest BCUT2D eigenvalue weighted by Gasteiger charge is 2.49. The smallest absolute Gasteiger partial charge is 0.311 e. The van der Waals surface area contributed by atoms with E-state index >= 15 is 0 Å². The summed E-state index contributed by atoms with van der Waals surface area (Å²) in [4.78, 5) is 11.3. The van der Waals surface area contributed by atoms with Crippen LogP contribution in [0.2, 0.25) is 0 Å². The summed E-state index contributed by atoms with van der Waals surface area (Å²) < 4.78 is 5.59. The molecule has 2 bridgehead atoms. The number of rotatable bonds is 4. The third-order valence-electron chi connectivity index (χ3n) is 3.57. The Morgan fingerprint density at radius 3 is 2.67 bits per heavy atom. The van der Waals surface area contributed by atoms with Gasteiger partial charge in [0, 0.05) is 6.54 Å². The first-order valence-corrected chi connectivity index (χ1v) is 6.09. The summed E-state index contributed by atoms with van der Waals surface area (Å²) in [6.07, 6.45) is 3.41. The van der Waals surface area contributed by atoms with Crippen molar-refractivity contribution in [2.75, 3.05) is 0 Å². The summed E-state index contributed by atoms with van der Waals surface area (Å²) in [6.45, 7) is 0.662. The number of ether oxygens (including phenoxy) is 1. The zero-order valence-corrected chi connectivity index (χ0v) is 9.82. The second-order valence-electron chi connectivity index (χ2n) is 4.71. The maximum Gasteiger partial charge on any atom is 0.311 e. The maximum atomic E-state index is 11.3. The molecule has 1 aromatic rings. The van der Waals surface area contributed by atoms with Crippen molar-refractivity contribution in [3.05, 3.63) is 48.0 Å². The molecule has 0 aromatic heterocycles. The Balaban J connectivity index is 1.69. The van der Waals surface area contributed by atoms with Crippen LogP contribution in [0.4, 0.5) is 0 Å². The highest BCUT2D eigenvalue weighted by molar-refractivity contribution is 5.73. The van der Waals surface area contributed by atoms with Gasteiger partial charge < -0.3 is 15.2 Å². The van der Waals surface area contributed by atoms with Gasteiger partial charge in [-0.05, 0) is 5.56 Å². The Bertz CT molecular complexity index is 471. The zero-order valence-electron chi connectivity index (χ0n) is 9.82. The molecule has 1 fully saturated rings. The van der Waals surface area contributed by atoms with Crippen molar-refractivity contribution < 1.29 is 14.6 Å². The minimum absolute atomic E-state index is 0.111. The Morgan fingerprint density at radius 1 is 1.22 bits per heavy atom. The molecule has 0 aliphatic carbocycles. The highest BCUT2D eigenvalue weighted by Crippen LogP contribution is 2.34. The molecule has 0 unspecified atom stereocenters. The van der Waals surface area contributed by atoms with Gasteiger partial charge in [0.05, 0.1) is 18.2 Å². The Labute approximate surface area is 105 Å². The molecule has 4 heteroatoms. The average Bonchev–Trinajstić information content (AvgIpc) is 2.97. The highest BCUT2D eigenvalue weighted by atomic mass is 16.5. The molecule has 4 nitrogen and oxygen atoms in total. The van der Waals surface area contributed by atoms with E-state index in [0.717, 1.165) is 5.56 Å². The van der Waals surface area contributed by atoms with Crippen LogP contribution in [-0.2, 0) is 16.1 Å². The molecule has 2 heterocycles. The maximum absolute atomic E-state index is 11.3. The number of carboxylic acid groups (broad SMARTS) is 1. The van der Waals surface area contributed by atoms with Gasteiger partial charge in [0.2, 0.25) is 0 Å². The Hall–Kier alpha value is -1.65. The van der Waals surface area contributed by atoms with Crippen molar-refractivity contribution in [1.82, 2.24) is 5.32 Å². The van der Waals surface area contributed by atoms with Gasteiger partial charge >= 0.3 is 5.97 Å². The van der Waals surface area contributed by atoms with Gasteiger partial charge in [0.1, 0.15) is 5.92 Å². The third-order valence-corrected chi connectivity index (χ3v) is 3.57. The van der Waals surface area contributed by atoms with E-state index in [2.05, 4.69) is 5.32 Å². The molecule has 2 aliphatic rings. The molecule has 0 saturated carbocycles. The van der Waals surface area contributed by atoms with Crippen molar-refractivity contribution in [3.8, 4) is 0 Å². The fraction of sp³-hybridized carbons (Fsp3) is 0.357. The average molecular weight is 245 g/mol. The van der Waals surface area contributed by atoms with Gasteiger partial charge in [-0.15, -0.1) is 0 Å². The van der Waals surface area contributed by atoms with Gasteiger partial charge in [-0.1, -0.05) is 42.5 Å². The first kappa shape index (κ1) is 11.4. The van der Waals surface area contributed by atoms with Crippen molar-refractivity contribution in [2.45, 2.75) is 24.8 Å². The molecule has 2 aliphatic heterocycles. The van der Waals surface area contributed by atoms with E-state index < -0.39 is 11.9 Å². The summed E-state index contributed by atoms with van der Waals surface area (Å²) in [6, 6.07) is 9.82. The van der Waals surface area contributed by atoms with E-state index in [0.29, 0.717) is 6.54 Å². The minimum Gasteiger partial charge on any atom is -0.481 e. The van der Waals surface area contributed by atoms with E-state index in [9.17, 15) is 9.90 Å². The van der Waals surface area contributed by atoms with Crippen molar-refractivity contribution in [3.63, 3.8) is 0 Å². The first-order chi connectivity index (χ1) is 8.75. The van der Waals surface area contributed by atoms with Gasteiger partial charge in [-0.25, -0.2) is 0 Å².